The third kappa shape index (κ3) is 5.14. The Kier molecular flexibility index (Phi) is 7.19. The Bertz CT molecular complexity index is 1070. The highest BCUT2D eigenvalue weighted by Crippen LogP contribution is 2.32. The molecule has 172 valence electrons. The van der Waals surface area contributed by atoms with Crippen molar-refractivity contribution in [1.29, 1.82) is 0 Å². The number of aryl methyl sites for hydroxylation is 2. The number of carbonyl (C=O) groups excluding carboxylic acids is 1. The Morgan fingerprint density at radius 2 is 1.45 bits per heavy atom. The largest absolute Gasteiger partial charge is 0.304 e. The van der Waals surface area contributed by atoms with Gasteiger partial charge in [0.1, 0.15) is 17.2 Å². The van der Waals surface area contributed by atoms with E-state index in [9.17, 15) is 13.6 Å². The van der Waals surface area contributed by atoms with Gasteiger partial charge in [-0.2, -0.15) is 0 Å². The maximum atomic E-state index is 14.6. The van der Waals surface area contributed by atoms with Crippen LogP contribution in [0.3, 0.4) is 0 Å². The predicted molar refractivity (Wildman–Crippen MR) is 129 cm³/mol. The van der Waals surface area contributed by atoms with Gasteiger partial charge in [0.15, 0.2) is 0 Å². The third-order valence-electron chi connectivity index (χ3n) is 6.56. The number of para-hydroxylation sites is 1. The zero-order chi connectivity index (χ0) is 23.4. The van der Waals surface area contributed by atoms with E-state index in [-0.39, 0.29) is 6.04 Å². The topological polar surface area (TPSA) is 23.6 Å². The zero-order valence-electron chi connectivity index (χ0n) is 19.2. The average Bonchev–Trinajstić information content (AvgIpc) is 2.81. The molecule has 3 nitrogen and oxygen atoms in total. The SMILES string of the molecule is Cc1cccc(C)c1N(C(=O)c1c(F)cccc1F)C1CCN(CCc2ccccc2)CC1. The summed E-state index contributed by atoms with van der Waals surface area (Å²) in [5, 5.41) is 0. The normalized spacial score (nSPS) is 14.9. The first kappa shape index (κ1) is 23.1. The van der Waals surface area contributed by atoms with E-state index in [1.807, 2.05) is 38.1 Å². The van der Waals surface area contributed by atoms with E-state index in [1.165, 1.54) is 11.6 Å². The molecular weight excluding hydrogens is 418 g/mol. The molecule has 0 N–H and O–H groups in total. The summed E-state index contributed by atoms with van der Waals surface area (Å²) >= 11 is 0. The Hall–Kier alpha value is -3.05. The molecule has 0 aliphatic carbocycles. The van der Waals surface area contributed by atoms with Crippen LogP contribution in [-0.2, 0) is 6.42 Å². The highest BCUT2D eigenvalue weighted by Gasteiger charge is 2.33. The standard InChI is InChI=1S/C28H30F2N2O/c1-20-8-6-9-21(2)27(20)32(28(33)26-24(29)12-7-13-25(26)30)23-15-18-31(19-16-23)17-14-22-10-4-3-5-11-22/h3-13,23H,14-19H2,1-2H3. The molecule has 3 aromatic rings. The highest BCUT2D eigenvalue weighted by atomic mass is 19.1. The van der Waals surface area contributed by atoms with Gasteiger partial charge in [-0.15, -0.1) is 0 Å². The summed E-state index contributed by atoms with van der Waals surface area (Å²) in [5.41, 5.74) is 3.43. The summed E-state index contributed by atoms with van der Waals surface area (Å²) in [5.74, 6) is -2.25. The van der Waals surface area contributed by atoms with Crippen molar-refractivity contribution < 1.29 is 13.6 Å². The van der Waals surface area contributed by atoms with Crippen LogP contribution < -0.4 is 4.90 Å². The average molecular weight is 449 g/mol. The van der Waals surface area contributed by atoms with Crippen molar-refractivity contribution in [2.24, 2.45) is 0 Å². The van der Waals surface area contributed by atoms with Gasteiger partial charge in [0.05, 0.1) is 5.69 Å². The van der Waals surface area contributed by atoms with Crippen LogP contribution in [0.5, 0.6) is 0 Å². The van der Waals surface area contributed by atoms with Gasteiger partial charge in [0, 0.05) is 25.7 Å². The van der Waals surface area contributed by atoms with Gasteiger partial charge in [-0.3, -0.25) is 4.79 Å². The van der Waals surface area contributed by atoms with Crippen molar-refractivity contribution in [3.63, 3.8) is 0 Å². The van der Waals surface area contributed by atoms with E-state index in [1.54, 1.807) is 4.90 Å². The van der Waals surface area contributed by atoms with Crippen LogP contribution in [0.2, 0.25) is 0 Å². The molecule has 1 fully saturated rings. The summed E-state index contributed by atoms with van der Waals surface area (Å²) in [6, 6.07) is 19.7. The number of hydrogen-bond donors (Lipinski definition) is 0. The van der Waals surface area contributed by atoms with Crippen molar-refractivity contribution >= 4 is 11.6 Å². The summed E-state index contributed by atoms with van der Waals surface area (Å²) in [4.78, 5) is 17.7. The van der Waals surface area contributed by atoms with Gasteiger partial charge < -0.3 is 9.80 Å². The van der Waals surface area contributed by atoms with E-state index < -0.39 is 23.1 Å². The molecule has 1 saturated heterocycles. The van der Waals surface area contributed by atoms with E-state index in [2.05, 4.69) is 29.2 Å². The van der Waals surface area contributed by atoms with Crippen molar-refractivity contribution in [3.8, 4) is 0 Å². The number of nitrogens with zero attached hydrogens (tertiary/aromatic N) is 2. The molecule has 0 aromatic heterocycles. The molecule has 0 bridgehead atoms. The number of halogens is 2. The predicted octanol–water partition coefficient (Wildman–Crippen LogP) is 5.94. The smallest absolute Gasteiger partial charge is 0.264 e. The first-order chi connectivity index (χ1) is 16.0. The lowest BCUT2D eigenvalue weighted by atomic mass is 9.97. The summed E-state index contributed by atoms with van der Waals surface area (Å²) < 4.78 is 29.1. The van der Waals surface area contributed by atoms with Crippen molar-refractivity contribution in [2.45, 2.75) is 39.2 Å². The quantitative estimate of drug-likeness (QED) is 0.466. The number of carbonyl (C=O) groups is 1. The van der Waals surface area contributed by atoms with Gasteiger partial charge >= 0.3 is 0 Å². The zero-order valence-corrected chi connectivity index (χ0v) is 19.2. The Balaban J connectivity index is 1.57. The molecule has 33 heavy (non-hydrogen) atoms. The summed E-state index contributed by atoms with van der Waals surface area (Å²) in [7, 11) is 0. The van der Waals surface area contributed by atoms with Crippen molar-refractivity contribution in [2.75, 3.05) is 24.5 Å². The van der Waals surface area contributed by atoms with Crippen LogP contribution in [-0.4, -0.2) is 36.5 Å². The minimum atomic E-state index is -0.823. The minimum absolute atomic E-state index is 0.121. The second kappa shape index (κ2) is 10.3. The van der Waals surface area contributed by atoms with Crippen LogP contribution in [0.25, 0.3) is 0 Å². The van der Waals surface area contributed by atoms with E-state index in [0.29, 0.717) is 0 Å². The highest BCUT2D eigenvalue weighted by molar-refractivity contribution is 6.07. The molecule has 1 aliphatic heterocycles. The van der Waals surface area contributed by atoms with Crippen LogP contribution in [0.1, 0.15) is 39.9 Å². The number of piperidine rings is 1. The molecule has 3 aromatic carbocycles. The van der Waals surface area contributed by atoms with Gasteiger partial charge in [0.25, 0.3) is 5.91 Å². The van der Waals surface area contributed by atoms with Gasteiger partial charge in [-0.05, 0) is 61.9 Å². The third-order valence-corrected chi connectivity index (χ3v) is 6.56. The molecule has 0 unspecified atom stereocenters. The number of likely N-dealkylation sites (tertiary alicyclic amines) is 1. The first-order valence-corrected chi connectivity index (χ1v) is 11.6. The van der Waals surface area contributed by atoms with Gasteiger partial charge in [-0.25, -0.2) is 8.78 Å². The number of hydrogen-bond acceptors (Lipinski definition) is 2. The van der Waals surface area contributed by atoms with Crippen LogP contribution in [0.15, 0.2) is 66.7 Å². The molecule has 0 atom stereocenters. The second-order valence-electron chi connectivity index (χ2n) is 8.82. The lowest BCUT2D eigenvalue weighted by molar-refractivity contribution is 0.0951. The fraction of sp³-hybridized carbons (Fsp3) is 0.321. The number of benzene rings is 3. The van der Waals surface area contributed by atoms with E-state index in [0.717, 1.165) is 67.8 Å². The van der Waals surface area contributed by atoms with Gasteiger partial charge in [-0.1, -0.05) is 54.6 Å². The maximum Gasteiger partial charge on any atom is 0.264 e. The molecule has 0 saturated carbocycles. The summed E-state index contributed by atoms with van der Waals surface area (Å²) in [6.07, 6.45) is 2.49. The number of rotatable bonds is 6. The Morgan fingerprint density at radius 1 is 0.879 bits per heavy atom. The van der Waals surface area contributed by atoms with Crippen LogP contribution in [0, 0.1) is 25.5 Å². The molecule has 1 amide bonds. The molecule has 0 radical (unpaired) electrons. The monoisotopic (exact) mass is 448 g/mol. The fourth-order valence-electron chi connectivity index (χ4n) is 4.79. The van der Waals surface area contributed by atoms with E-state index in [4.69, 9.17) is 0 Å². The molecule has 1 heterocycles. The van der Waals surface area contributed by atoms with Crippen molar-refractivity contribution in [1.82, 2.24) is 4.90 Å². The van der Waals surface area contributed by atoms with Crippen molar-refractivity contribution in [3.05, 3.63) is 101 Å². The second-order valence-corrected chi connectivity index (χ2v) is 8.82. The molecular formula is C28H30F2N2O. The van der Waals surface area contributed by atoms with Crippen LogP contribution >= 0.6 is 0 Å². The minimum Gasteiger partial charge on any atom is -0.304 e. The maximum absolute atomic E-state index is 14.6. The molecule has 0 spiro atoms. The lowest BCUT2D eigenvalue weighted by Gasteiger charge is -2.40. The number of amides is 1. The first-order valence-electron chi connectivity index (χ1n) is 11.6. The Labute approximate surface area is 194 Å². The van der Waals surface area contributed by atoms with Gasteiger partial charge in [0.2, 0.25) is 0 Å². The molecule has 4 rings (SSSR count). The Morgan fingerprint density at radius 3 is 2.06 bits per heavy atom. The van der Waals surface area contributed by atoms with Crippen LogP contribution in [0.4, 0.5) is 14.5 Å². The van der Waals surface area contributed by atoms with E-state index >= 15 is 0 Å². The summed E-state index contributed by atoms with van der Waals surface area (Å²) in [6.45, 7) is 6.51. The molecule has 5 heteroatoms. The fourth-order valence-corrected chi connectivity index (χ4v) is 4.79. The lowest BCUT2D eigenvalue weighted by Crippen LogP contribution is -2.49. The molecule has 1 aliphatic rings. The number of anilines is 1.